The molecule has 1 aromatic heterocycles. The van der Waals surface area contributed by atoms with Crippen LogP contribution in [-0.4, -0.2) is 23.7 Å². The highest BCUT2D eigenvalue weighted by atomic mass is 35.5. The van der Waals surface area contributed by atoms with Crippen LogP contribution in [0.3, 0.4) is 0 Å². The van der Waals surface area contributed by atoms with Gasteiger partial charge < -0.3 is 10.4 Å². The molecule has 0 unspecified atom stereocenters. The van der Waals surface area contributed by atoms with Crippen LogP contribution in [0.1, 0.15) is 12.5 Å². The van der Waals surface area contributed by atoms with Crippen LogP contribution in [0.5, 0.6) is 0 Å². The fraction of sp³-hybridized carbons (Fsp3) is 0.444. The van der Waals surface area contributed by atoms with Gasteiger partial charge in [-0.2, -0.15) is 0 Å². The Morgan fingerprint density at radius 2 is 2.15 bits per heavy atom. The first-order chi connectivity index (χ1) is 6.24. The minimum atomic E-state index is 0.250. The van der Waals surface area contributed by atoms with E-state index in [0.29, 0.717) is 5.15 Å². The molecule has 0 aliphatic heterocycles. The number of halogens is 1. The summed E-state index contributed by atoms with van der Waals surface area (Å²) in [5, 5.41) is 11.1. The fourth-order valence-corrected chi connectivity index (χ4v) is 0.827. The molecule has 3 nitrogen and oxygen atoms in total. The van der Waals surface area contributed by atoms with Crippen LogP contribution in [0, 0.1) is 0 Å². The molecule has 1 rings (SSSR count). The topological polar surface area (TPSA) is 45.1 Å². The Balaban J connectivity index is 0.000000424. The standard InChI is InChI=1S/C7H9ClN2.C2H6O/c1-9-4-6-2-3-7(8)10-5-6;1-2-3/h2-3,5,9H,4H2,1H3;3H,2H2,1H3. The molecule has 0 fully saturated rings. The number of nitrogens with zero attached hydrogens (tertiary/aromatic N) is 1. The molecular weight excluding hydrogens is 188 g/mol. The summed E-state index contributed by atoms with van der Waals surface area (Å²) in [5.74, 6) is 0. The molecule has 0 spiro atoms. The van der Waals surface area contributed by atoms with Crippen LogP contribution < -0.4 is 5.32 Å². The molecule has 74 valence electrons. The van der Waals surface area contributed by atoms with E-state index in [1.165, 1.54) is 0 Å². The highest BCUT2D eigenvalue weighted by Crippen LogP contribution is 2.04. The maximum absolute atomic E-state index is 7.57. The zero-order valence-corrected chi connectivity index (χ0v) is 8.67. The molecule has 0 aromatic carbocycles. The molecule has 0 saturated carbocycles. The van der Waals surface area contributed by atoms with Gasteiger partial charge in [0, 0.05) is 19.3 Å². The SMILES string of the molecule is CCO.CNCc1ccc(Cl)nc1. The van der Waals surface area contributed by atoms with Crippen molar-refractivity contribution in [2.45, 2.75) is 13.5 Å². The lowest BCUT2D eigenvalue weighted by Crippen LogP contribution is -2.04. The average Bonchev–Trinajstić information content (AvgIpc) is 2.11. The van der Waals surface area contributed by atoms with E-state index < -0.39 is 0 Å². The van der Waals surface area contributed by atoms with Gasteiger partial charge in [0.2, 0.25) is 0 Å². The van der Waals surface area contributed by atoms with Crippen LogP contribution in [0.4, 0.5) is 0 Å². The molecule has 13 heavy (non-hydrogen) atoms. The number of hydrogen-bond donors (Lipinski definition) is 2. The van der Waals surface area contributed by atoms with E-state index in [-0.39, 0.29) is 6.61 Å². The summed E-state index contributed by atoms with van der Waals surface area (Å²) >= 11 is 5.58. The number of pyridine rings is 1. The van der Waals surface area contributed by atoms with Crippen molar-refractivity contribution in [1.82, 2.24) is 10.3 Å². The van der Waals surface area contributed by atoms with Crippen molar-refractivity contribution in [2.75, 3.05) is 13.7 Å². The average molecular weight is 203 g/mol. The van der Waals surface area contributed by atoms with Crippen LogP contribution in [0.25, 0.3) is 0 Å². The molecular formula is C9H15ClN2O. The van der Waals surface area contributed by atoms with E-state index in [9.17, 15) is 0 Å². The molecule has 1 heterocycles. The van der Waals surface area contributed by atoms with Gasteiger partial charge in [-0.05, 0) is 25.6 Å². The predicted octanol–water partition coefficient (Wildman–Crippen LogP) is 1.45. The summed E-state index contributed by atoms with van der Waals surface area (Å²) in [5.41, 5.74) is 1.15. The van der Waals surface area contributed by atoms with Crippen molar-refractivity contribution in [3.8, 4) is 0 Å². The monoisotopic (exact) mass is 202 g/mol. The summed E-state index contributed by atoms with van der Waals surface area (Å²) in [6.45, 7) is 2.77. The molecule has 0 atom stereocenters. The van der Waals surface area contributed by atoms with Crippen molar-refractivity contribution in [1.29, 1.82) is 0 Å². The second-order valence-electron chi connectivity index (χ2n) is 2.34. The number of rotatable bonds is 2. The minimum Gasteiger partial charge on any atom is -0.397 e. The maximum atomic E-state index is 7.57. The van der Waals surface area contributed by atoms with Gasteiger partial charge in [-0.1, -0.05) is 17.7 Å². The Labute approximate surface area is 83.8 Å². The number of hydrogen-bond acceptors (Lipinski definition) is 3. The van der Waals surface area contributed by atoms with E-state index in [4.69, 9.17) is 16.7 Å². The van der Waals surface area contributed by atoms with Crippen molar-refractivity contribution in [3.63, 3.8) is 0 Å². The van der Waals surface area contributed by atoms with Crippen LogP contribution >= 0.6 is 11.6 Å². The van der Waals surface area contributed by atoms with Crippen molar-refractivity contribution < 1.29 is 5.11 Å². The third kappa shape index (κ3) is 6.51. The summed E-state index contributed by atoms with van der Waals surface area (Å²) in [7, 11) is 1.90. The summed E-state index contributed by atoms with van der Waals surface area (Å²) in [6, 6.07) is 3.74. The van der Waals surface area contributed by atoms with Crippen LogP contribution in [-0.2, 0) is 6.54 Å². The van der Waals surface area contributed by atoms with Gasteiger partial charge in [0.1, 0.15) is 5.15 Å². The first kappa shape index (κ1) is 12.4. The molecule has 0 aliphatic carbocycles. The van der Waals surface area contributed by atoms with E-state index in [1.807, 2.05) is 13.1 Å². The quantitative estimate of drug-likeness (QED) is 0.714. The van der Waals surface area contributed by atoms with Gasteiger partial charge >= 0.3 is 0 Å². The lowest BCUT2D eigenvalue weighted by molar-refractivity contribution is 0.318. The number of nitrogens with one attached hydrogen (secondary N) is 1. The molecule has 2 N–H and O–H groups in total. The first-order valence-corrected chi connectivity index (χ1v) is 4.48. The van der Waals surface area contributed by atoms with Crippen molar-refractivity contribution in [3.05, 3.63) is 29.0 Å². The van der Waals surface area contributed by atoms with Gasteiger partial charge in [-0.3, -0.25) is 0 Å². The number of aromatic nitrogens is 1. The Bertz CT molecular complexity index is 213. The first-order valence-electron chi connectivity index (χ1n) is 4.10. The molecule has 0 aliphatic rings. The van der Waals surface area contributed by atoms with Crippen LogP contribution in [0.15, 0.2) is 18.3 Å². The maximum Gasteiger partial charge on any atom is 0.129 e. The van der Waals surface area contributed by atoms with E-state index >= 15 is 0 Å². The molecule has 1 aromatic rings. The van der Waals surface area contributed by atoms with Crippen LogP contribution in [0.2, 0.25) is 5.15 Å². The second kappa shape index (κ2) is 7.98. The molecule has 0 saturated heterocycles. The molecule has 4 heteroatoms. The summed E-state index contributed by atoms with van der Waals surface area (Å²) in [6.07, 6.45) is 1.76. The second-order valence-corrected chi connectivity index (χ2v) is 2.72. The number of aliphatic hydroxyl groups excluding tert-OH is 1. The van der Waals surface area contributed by atoms with Gasteiger partial charge in [0.05, 0.1) is 0 Å². The summed E-state index contributed by atoms with van der Waals surface area (Å²) in [4.78, 5) is 3.92. The Morgan fingerprint density at radius 3 is 2.54 bits per heavy atom. The zero-order chi connectivity index (χ0) is 10.1. The molecule has 0 bridgehead atoms. The van der Waals surface area contributed by atoms with E-state index in [0.717, 1.165) is 12.1 Å². The Kier molecular flexibility index (Phi) is 7.59. The molecule has 0 radical (unpaired) electrons. The lowest BCUT2D eigenvalue weighted by Gasteiger charge is -1.96. The normalized spacial score (nSPS) is 8.92. The van der Waals surface area contributed by atoms with Gasteiger partial charge in [0.25, 0.3) is 0 Å². The highest BCUT2D eigenvalue weighted by molar-refractivity contribution is 6.29. The predicted molar refractivity (Wildman–Crippen MR) is 54.8 cm³/mol. The third-order valence-corrected chi connectivity index (χ3v) is 1.39. The smallest absolute Gasteiger partial charge is 0.129 e. The minimum absolute atomic E-state index is 0.250. The third-order valence-electron chi connectivity index (χ3n) is 1.17. The number of aliphatic hydroxyl groups is 1. The van der Waals surface area contributed by atoms with E-state index in [1.54, 1.807) is 19.2 Å². The molecule has 0 amide bonds. The van der Waals surface area contributed by atoms with E-state index in [2.05, 4.69) is 10.3 Å². The lowest BCUT2D eigenvalue weighted by atomic mass is 10.3. The summed E-state index contributed by atoms with van der Waals surface area (Å²) < 4.78 is 0. The fourth-order valence-electron chi connectivity index (χ4n) is 0.715. The largest absolute Gasteiger partial charge is 0.397 e. The Hall–Kier alpha value is -0.640. The highest BCUT2D eigenvalue weighted by Gasteiger charge is 1.89. The van der Waals surface area contributed by atoms with Gasteiger partial charge in [-0.15, -0.1) is 0 Å². The van der Waals surface area contributed by atoms with Crippen molar-refractivity contribution in [2.24, 2.45) is 0 Å². The Morgan fingerprint density at radius 1 is 1.54 bits per heavy atom. The zero-order valence-electron chi connectivity index (χ0n) is 7.92. The van der Waals surface area contributed by atoms with Gasteiger partial charge in [-0.25, -0.2) is 4.98 Å². The van der Waals surface area contributed by atoms with Crippen molar-refractivity contribution >= 4 is 11.6 Å². The van der Waals surface area contributed by atoms with Gasteiger partial charge in [0.15, 0.2) is 0 Å².